The van der Waals surface area contributed by atoms with E-state index in [2.05, 4.69) is 15.6 Å². The van der Waals surface area contributed by atoms with Crippen LogP contribution in [0.25, 0.3) is 0 Å². The number of anilines is 3. The molecule has 0 aliphatic rings. The Balaban J connectivity index is 1.50. The molecule has 132 valence electrons. The molecule has 0 unspecified atom stereocenters. The molecule has 1 aromatic heterocycles. The van der Waals surface area contributed by atoms with Gasteiger partial charge in [0.2, 0.25) is 0 Å². The highest BCUT2D eigenvalue weighted by atomic mass is 35.5. The lowest BCUT2D eigenvalue weighted by Crippen LogP contribution is -2.20. The topological polar surface area (TPSA) is 63.2 Å². The molecule has 0 radical (unpaired) electrons. The van der Waals surface area contributed by atoms with Crippen molar-refractivity contribution < 1.29 is 9.53 Å². The largest absolute Gasteiger partial charge is 0.484 e. The van der Waals surface area contributed by atoms with Crippen molar-refractivity contribution in [3.05, 3.63) is 76.9 Å². The zero-order valence-corrected chi connectivity index (χ0v) is 15.1. The Bertz CT molecular complexity index is 867. The van der Waals surface area contributed by atoms with Gasteiger partial charge in [0, 0.05) is 15.7 Å². The summed E-state index contributed by atoms with van der Waals surface area (Å²) in [6.45, 7) is -0.117. The summed E-state index contributed by atoms with van der Waals surface area (Å²) in [5, 5.41) is 7.15. The molecule has 0 aliphatic heterocycles. The maximum absolute atomic E-state index is 11.9. The first-order chi connectivity index (χ1) is 12.6. The fourth-order valence-electron chi connectivity index (χ4n) is 2.10. The third-order valence-electron chi connectivity index (χ3n) is 3.35. The van der Waals surface area contributed by atoms with Crippen molar-refractivity contribution in [1.29, 1.82) is 0 Å². The molecule has 0 fully saturated rings. The monoisotopic (exact) mass is 387 g/mol. The number of ether oxygens (including phenoxy) is 1. The molecule has 26 heavy (non-hydrogen) atoms. The van der Waals surface area contributed by atoms with Crippen LogP contribution in [0, 0.1) is 0 Å². The Morgan fingerprint density at radius 2 is 1.50 bits per heavy atom. The standard InChI is InChI=1S/C19H15Cl2N3O2/c20-13-1-5-15(6-2-13)23-16-7-10-18(22-11-16)24-19(25)12-26-17-8-3-14(21)4-9-17/h1-11,23H,12H2,(H,22,24,25). The summed E-state index contributed by atoms with van der Waals surface area (Å²) >= 11 is 11.7. The van der Waals surface area contributed by atoms with E-state index in [0.717, 1.165) is 11.4 Å². The first-order valence-corrected chi connectivity index (χ1v) is 8.51. The average molecular weight is 388 g/mol. The third kappa shape index (κ3) is 5.37. The number of carbonyl (C=O) groups is 1. The van der Waals surface area contributed by atoms with Crippen molar-refractivity contribution in [2.45, 2.75) is 0 Å². The van der Waals surface area contributed by atoms with E-state index in [1.165, 1.54) is 0 Å². The fraction of sp³-hybridized carbons (Fsp3) is 0.0526. The van der Waals surface area contributed by atoms with Crippen LogP contribution < -0.4 is 15.4 Å². The Morgan fingerprint density at radius 3 is 2.12 bits per heavy atom. The number of rotatable bonds is 6. The Hall–Kier alpha value is -2.76. The minimum absolute atomic E-state index is 0.117. The second-order valence-electron chi connectivity index (χ2n) is 5.35. The van der Waals surface area contributed by atoms with Crippen LogP contribution in [0.3, 0.4) is 0 Å². The lowest BCUT2D eigenvalue weighted by molar-refractivity contribution is -0.118. The predicted molar refractivity (Wildman–Crippen MR) is 105 cm³/mol. The first kappa shape index (κ1) is 18.0. The minimum Gasteiger partial charge on any atom is -0.484 e. The van der Waals surface area contributed by atoms with Gasteiger partial charge in [0.1, 0.15) is 11.6 Å². The van der Waals surface area contributed by atoms with E-state index in [-0.39, 0.29) is 12.5 Å². The van der Waals surface area contributed by atoms with Gasteiger partial charge in [0.15, 0.2) is 6.61 Å². The maximum atomic E-state index is 11.9. The normalized spacial score (nSPS) is 10.2. The number of aromatic nitrogens is 1. The molecule has 3 aromatic rings. The number of nitrogens with one attached hydrogen (secondary N) is 2. The van der Waals surface area contributed by atoms with E-state index in [1.54, 1.807) is 48.7 Å². The lowest BCUT2D eigenvalue weighted by atomic mass is 10.3. The number of pyridine rings is 1. The Morgan fingerprint density at radius 1 is 0.885 bits per heavy atom. The molecular formula is C19H15Cl2N3O2. The van der Waals surface area contributed by atoms with Crippen LogP contribution in [0.1, 0.15) is 0 Å². The average Bonchev–Trinajstić information content (AvgIpc) is 2.65. The molecule has 0 aliphatic carbocycles. The van der Waals surface area contributed by atoms with Crippen LogP contribution in [-0.4, -0.2) is 17.5 Å². The molecule has 2 aromatic carbocycles. The fourth-order valence-corrected chi connectivity index (χ4v) is 2.35. The molecule has 1 amide bonds. The second kappa shape index (κ2) is 8.56. The highest BCUT2D eigenvalue weighted by Crippen LogP contribution is 2.19. The zero-order chi connectivity index (χ0) is 18.4. The number of carbonyl (C=O) groups excluding carboxylic acids is 1. The highest BCUT2D eigenvalue weighted by Gasteiger charge is 2.05. The summed E-state index contributed by atoms with van der Waals surface area (Å²) in [5.74, 6) is 0.710. The molecule has 0 bridgehead atoms. The summed E-state index contributed by atoms with van der Waals surface area (Å²) in [7, 11) is 0. The van der Waals surface area contributed by atoms with Gasteiger partial charge in [-0.2, -0.15) is 0 Å². The van der Waals surface area contributed by atoms with E-state index < -0.39 is 0 Å². The molecule has 1 heterocycles. The predicted octanol–water partition coefficient (Wildman–Crippen LogP) is 5.15. The molecule has 7 heteroatoms. The van der Waals surface area contributed by atoms with Crippen LogP contribution in [0.5, 0.6) is 5.75 Å². The molecule has 0 saturated heterocycles. The van der Waals surface area contributed by atoms with Crippen LogP contribution in [0.2, 0.25) is 10.0 Å². The van der Waals surface area contributed by atoms with Crippen molar-refractivity contribution in [2.24, 2.45) is 0 Å². The Kier molecular flexibility index (Phi) is 5.94. The molecule has 2 N–H and O–H groups in total. The van der Waals surface area contributed by atoms with Crippen LogP contribution in [0.4, 0.5) is 17.2 Å². The van der Waals surface area contributed by atoms with Gasteiger partial charge in [-0.1, -0.05) is 23.2 Å². The third-order valence-corrected chi connectivity index (χ3v) is 3.85. The van der Waals surface area contributed by atoms with Gasteiger partial charge in [-0.05, 0) is 60.7 Å². The van der Waals surface area contributed by atoms with Crippen LogP contribution in [-0.2, 0) is 4.79 Å². The van der Waals surface area contributed by atoms with Crippen molar-refractivity contribution >= 4 is 46.3 Å². The van der Waals surface area contributed by atoms with Crippen molar-refractivity contribution in [3.63, 3.8) is 0 Å². The summed E-state index contributed by atoms with van der Waals surface area (Å²) < 4.78 is 5.39. The van der Waals surface area contributed by atoms with E-state index >= 15 is 0 Å². The first-order valence-electron chi connectivity index (χ1n) is 7.75. The Labute approximate surface area is 160 Å². The van der Waals surface area contributed by atoms with Gasteiger partial charge >= 0.3 is 0 Å². The molecule has 0 atom stereocenters. The van der Waals surface area contributed by atoms with Crippen molar-refractivity contribution in [3.8, 4) is 5.75 Å². The van der Waals surface area contributed by atoms with Gasteiger partial charge in [-0.3, -0.25) is 4.79 Å². The van der Waals surface area contributed by atoms with E-state index in [0.29, 0.717) is 21.6 Å². The van der Waals surface area contributed by atoms with Crippen molar-refractivity contribution in [1.82, 2.24) is 4.98 Å². The van der Waals surface area contributed by atoms with E-state index in [4.69, 9.17) is 27.9 Å². The second-order valence-corrected chi connectivity index (χ2v) is 6.23. The molecule has 5 nitrogen and oxygen atoms in total. The number of nitrogens with zero attached hydrogens (tertiary/aromatic N) is 1. The molecule has 0 spiro atoms. The number of benzene rings is 2. The van der Waals surface area contributed by atoms with Gasteiger partial charge in [0.25, 0.3) is 5.91 Å². The molecular weight excluding hydrogens is 373 g/mol. The SMILES string of the molecule is O=C(COc1ccc(Cl)cc1)Nc1ccc(Nc2ccc(Cl)cc2)cn1. The smallest absolute Gasteiger partial charge is 0.263 e. The number of halogens is 2. The number of amides is 1. The lowest BCUT2D eigenvalue weighted by Gasteiger charge is -2.09. The van der Waals surface area contributed by atoms with E-state index in [1.807, 2.05) is 18.2 Å². The van der Waals surface area contributed by atoms with Crippen LogP contribution in [0.15, 0.2) is 66.9 Å². The molecule has 3 rings (SSSR count). The summed E-state index contributed by atoms with van der Waals surface area (Å²) in [4.78, 5) is 16.1. The minimum atomic E-state index is -0.300. The summed E-state index contributed by atoms with van der Waals surface area (Å²) in [6.07, 6.45) is 1.63. The zero-order valence-electron chi connectivity index (χ0n) is 13.6. The maximum Gasteiger partial charge on any atom is 0.263 e. The summed E-state index contributed by atoms with van der Waals surface area (Å²) in [5.41, 5.74) is 1.69. The van der Waals surface area contributed by atoms with E-state index in [9.17, 15) is 4.79 Å². The quantitative estimate of drug-likeness (QED) is 0.613. The van der Waals surface area contributed by atoms with Gasteiger partial charge in [-0.15, -0.1) is 0 Å². The van der Waals surface area contributed by atoms with Gasteiger partial charge in [0.05, 0.1) is 11.9 Å². The summed E-state index contributed by atoms with van der Waals surface area (Å²) in [6, 6.07) is 17.6. The molecule has 0 saturated carbocycles. The highest BCUT2D eigenvalue weighted by molar-refractivity contribution is 6.30. The van der Waals surface area contributed by atoms with Crippen LogP contribution >= 0.6 is 23.2 Å². The number of hydrogen-bond acceptors (Lipinski definition) is 4. The number of hydrogen-bond donors (Lipinski definition) is 2. The van der Waals surface area contributed by atoms with Gasteiger partial charge in [-0.25, -0.2) is 4.98 Å². The van der Waals surface area contributed by atoms with Crippen molar-refractivity contribution in [2.75, 3.05) is 17.2 Å². The van der Waals surface area contributed by atoms with Gasteiger partial charge < -0.3 is 15.4 Å².